The minimum absolute atomic E-state index is 0.574. The maximum absolute atomic E-state index is 4.44. The molecule has 26 heavy (non-hydrogen) atoms. The fourth-order valence-corrected chi connectivity index (χ4v) is 3.85. The number of rotatable bonds is 8. The summed E-state index contributed by atoms with van der Waals surface area (Å²) in [5, 5.41) is 8.97. The van der Waals surface area contributed by atoms with Crippen LogP contribution in [0, 0.1) is 5.92 Å². The molecule has 0 amide bonds. The van der Waals surface area contributed by atoms with Gasteiger partial charge in [-0.3, -0.25) is 4.99 Å². The molecular formula is C20H27N5S. The van der Waals surface area contributed by atoms with Gasteiger partial charge in [0.25, 0.3) is 0 Å². The number of aliphatic imine (C=N–C) groups is 1. The fraction of sp³-hybridized carbons (Fsp3) is 0.400. The van der Waals surface area contributed by atoms with Crippen LogP contribution in [0.25, 0.3) is 11.0 Å². The Balaban J connectivity index is 1.37. The smallest absolute Gasteiger partial charge is 0.190 e. The molecule has 1 aromatic carbocycles. The van der Waals surface area contributed by atoms with Gasteiger partial charge in [-0.05, 0) is 42.3 Å². The second-order valence-electron chi connectivity index (χ2n) is 6.55. The topological polar surface area (TPSA) is 54.2 Å². The minimum Gasteiger partial charge on any atom is -0.356 e. The van der Waals surface area contributed by atoms with Gasteiger partial charge in [0.1, 0.15) is 0 Å². The van der Waals surface area contributed by atoms with Crippen molar-refractivity contribution in [2.24, 2.45) is 10.9 Å². The van der Waals surface area contributed by atoms with Crippen LogP contribution in [0.5, 0.6) is 0 Å². The SMILES string of the molecule is CN=C(NCCCn1cnc2ccccc21)NCC(C)Cc1cccs1. The predicted molar refractivity (Wildman–Crippen MR) is 111 cm³/mol. The number of hydrogen-bond donors (Lipinski definition) is 2. The molecule has 2 heterocycles. The van der Waals surface area contributed by atoms with Crippen molar-refractivity contribution in [3.8, 4) is 0 Å². The lowest BCUT2D eigenvalue weighted by atomic mass is 10.1. The molecule has 0 aliphatic heterocycles. The largest absolute Gasteiger partial charge is 0.356 e. The van der Waals surface area contributed by atoms with Crippen molar-refractivity contribution in [3.63, 3.8) is 0 Å². The van der Waals surface area contributed by atoms with Crippen molar-refractivity contribution < 1.29 is 0 Å². The highest BCUT2D eigenvalue weighted by Gasteiger charge is 2.06. The van der Waals surface area contributed by atoms with Crippen LogP contribution >= 0.6 is 11.3 Å². The van der Waals surface area contributed by atoms with Crippen LogP contribution in [0.15, 0.2) is 53.1 Å². The van der Waals surface area contributed by atoms with Crippen LogP contribution in [-0.2, 0) is 13.0 Å². The van der Waals surface area contributed by atoms with Gasteiger partial charge < -0.3 is 15.2 Å². The zero-order valence-corrected chi connectivity index (χ0v) is 16.3. The molecule has 3 aromatic rings. The van der Waals surface area contributed by atoms with Gasteiger partial charge >= 0.3 is 0 Å². The summed E-state index contributed by atoms with van der Waals surface area (Å²) in [6.45, 7) is 5.01. The van der Waals surface area contributed by atoms with E-state index in [1.165, 1.54) is 10.4 Å². The van der Waals surface area contributed by atoms with Crippen molar-refractivity contribution in [1.29, 1.82) is 0 Å². The summed E-state index contributed by atoms with van der Waals surface area (Å²) < 4.78 is 2.20. The van der Waals surface area contributed by atoms with Crippen molar-refractivity contribution >= 4 is 28.3 Å². The van der Waals surface area contributed by atoms with Crippen LogP contribution in [0.4, 0.5) is 0 Å². The number of hydrogen-bond acceptors (Lipinski definition) is 3. The molecule has 2 N–H and O–H groups in total. The number of fused-ring (bicyclic) bond motifs is 1. The van der Waals surface area contributed by atoms with Crippen LogP contribution < -0.4 is 10.6 Å². The number of aromatic nitrogens is 2. The highest BCUT2D eigenvalue weighted by Crippen LogP contribution is 2.14. The van der Waals surface area contributed by atoms with Gasteiger partial charge in [-0.2, -0.15) is 0 Å². The summed E-state index contributed by atoms with van der Waals surface area (Å²) in [6.07, 6.45) is 4.05. The van der Waals surface area contributed by atoms with Crippen LogP contribution in [0.1, 0.15) is 18.2 Å². The number of nitrogens with zero attached hydrogens (tertiary/aromatic N) is 3. The number of thiophene rings is 1. The Morgan fingerprint density at radius 1 is 1.23 bits per heavy atom. The number of aryl methyl sites for hydroxylation is 1. The molecule has 0 aliphatic carbocycles. The first-order valence-corrected chi connectivity index (χ1v) is 10.0. The Kier molecular flexibility index (Phi) is 6.66. The fourth-order valence-electron chi connectivity index (χ4n) is 2.98. The standard InChI is InChI=1S/C20H27N5S/c1-16(13-17-7-5-12-26-17)14-23-20(21-2)22-10-6-11-25-15-24-18-8-3-4-9-19(18)25/h3-5,7-9,12,15-16H,6,10-11,13-14H2,1-2H3,(H2,21,22,23). The predicted octanol–water partition coefficient (Wildman–Crippen LogP) is 3.53. The van der Waals surface area contributed by atoms with Crippen molar-refractivity contribution in [1.82, 2.24) is 20.2 Å². The number of para-hydroxylation sites is 2. The van der Waals surface area contributed by atoms with Crippen LogP contribution in [0.3, 0.4) is 0 Å². The van der Waals surface area contributed by atoms with Crippen LogP contribution in [-0.4, -0.2) is 35.6 Å². The molecule has 0 aliphatic rings. The number of imidazole rings is 1. The molecule has 0 saturated carbocycles. The summed E-state index contributed by atoms with van der Waals surface area (Å²) in [4.78, 5) is 10.2. The van der Waals surface area contributed by atoms with Gasteiger partial charge in [0.05, 0.1) is 17.4 Å². The lowest BCUT2D eigenvalue weighted by Crippen LogP contribution is -2.40. The van der Waals surface area contributed by atoms with Crippen molar-refractivity contribution in [2.45, 2.75) is 26.3 Å². The van der Waals surface area contributed by atoms with Gasteiger partial charge in [0.15, 0.2) is 5.96 Å². The zero-order chi connectivity index (χ0) is 18.2. The maximum Gasteiger partial charge on any atom is 0.190 e. The van der Waals surface area contributed by atoms with Crippen LogP contribution in [0.2, 0.25) is 0 Å². The number of benzene rings is 1. The van der Waals surface area contributed by atoms with E-state index in [9.17, 15) is 0 Å². The first kappa shape index (κ1) is 18.5. The second kappa shape index (κ2) is 9.38. The van der Waals surface area contributed by atoms with E-state index in [0.717, 1.165) is 44.0 Å². The van der Waals surface area contributed by atoms with Gasteiger partial charge in [-0.15, -0.1) is 11.3 Å². The number of guanidine groups is 1. The van der Waals surface area contributed by atoms with Gasteiger partial charge in [0.2, 0.25) is 0 Å². The maximum atomic E-state index is 4.44. The number of nitrogens with one attached hydrogen (secondary N) is 2. The summed E-state index contributed by atoms with van der Waals surface area (Å²) >= 11 is 1.83. The molecule has 138 valence electrons. The molecule has 0 radical (unpaired) electrons. The third-order valence-electron chi connectivity index (χ3n) is 4.37. The third kappa shape index (κ3) is 5.08. The molecule has 1 atom stereocenters. The summed E-state index contributed by atoms with van der Waals surface area (Å²) in [5.41, 5.74) is 2.25. The van der Waals surface area contributed by atoms with Gasteiger partial charge in [-0.1, -0.05) is 25.1 Å². The van der Waals surface area contributed by atoms with E-state index in [2.05, 4.69) is 61.7 Å². The first-order chi connectivity index (χ1) is 12.8. The van der Waals surface area contributed by atoms with E-state index < -0.39 is 0 Å². The summed E-state index contributed by atoms with van der Waals surface area (Å²) in [5.74, 6) is 1.45. The van der Waals surface area contributed by atoms with Crippen molar-refractivity contribution in [3.05, 3.63) is 53.0 Å². The summed E-state index contributed by atoms with van der Waals surface area (Å²) in [6, 6.07) is 12.6. The van der Waals surface area contributed by atoms with E-state index in [1.807, 2.05) is 36.8 Å². The van der Waals surface area contributed by atoms with E-state index >= 15 is 0 Å². The Hall–Kier alpha value is -2.34. The van der Waals surface area contributed by atoms with Gasteiger partial charge in [0, 0.05) is 31.6 Å². The Morgan fingerprint density at radius 2 is 2.12 bits per heavy atom. The lowest BCUT2D eigenvalue weighted by Gasteiger charge is -2.15. The molecule has 0 saturated heterocycles. The molecule has 6 heteroatoms. The monoisotopic (exact) mass is 369 g/mol. The van der Waals surface area contributed by atoms with Crippen molar-refractivity contribution in [2.75, 3.05) is 20.1 Å². The lowest BCUT2D eigenvalue weighted by molar-refractivity contribution is 0.559. The van der Waals surface area contributed by atoms with Gasteiger partial charge in [-0.25, -0.2) is 4.98 Å². The first-order valence-electron chi connectivity index (χ1n) is 9.13. The molecule has 5 nitrogen and oxygen atoms in total. The highest BCUT2D eigenvalue weighted by molar-refractivity contribution is 7.09. The quantitative estimate of drug-likeness (QED) is 0.363. The zero-order valence-electron chi connectivity index (χ0n) is 15.5. The highest BCUT2D eigenvalue weighted by atomic mass is 32.1. The minimum atomic E-state index is 0.574. The van der Waals surface area contributed by atoms with E-state index in [0.29, 0.717) is 5.92 Å². The normalized spacial score (nSPS) is 13.1. The summed E-state index contributed by atoms with van der Waals surface area (Å²) in [7, 11) is 1.82. The molecule has 2 aromatic heterocycles. The Labute approximate surface area is 159 Å². The Bertz CT molecular complexity index is 822. The average Bonchev–Trinajstić information content (AvgIpc) is 3.31. The van der Waals surface area contributed by atoms with E-state index in [-0.39, 0.29) is 0 Å². The molecule has 3 rings (SSSR count). The molecule has 0 fully saturated rings. The molecule has 0 spiro atoms. The van der Waals surface area contributed by atoms with E-state index in [4.69, 9.17) is 0 Å². The average molecular weight is 370 g/mol. The third-order valence-corrected chi connectivity index (χ3v) is 5.27. The molecule has 1 unspecified atom stereocenters. The second-order valence-corrected chi connectivity index (χ2v) is 7.58. The molecule has 0 bridgehead atoms. The Morgan fingerprint density at radius 3 is 2.92 bits per heavy atom. The molecular weight excluding hydrogens is 342 g/mol. The van der Waals surface area contributed by atoms with E-state index in [1.54, 1.807) is 0 Å².